The molecule has 0 unspecified atom stereocenters. The number of nitrogens with zero attached hydrogens (tertiary/aromatic N) is 3. The third-order valence-electron chi connectivity index (χ3n) is 6.36. The van der Waals surface area contributed by atoms with Crippen molar-refractivity contribution < 1.29 is 19.1 Å². The van der Waals surface area contributed by atoms with Gasteiger partial charge in [-0.15, -0.1) is 12.4 Å². The zero-order chi connectivity index (χ0) is 28.1. The SMILES string of the molecule is CCOC(=O)CNC(=O)c1ccccc1N(C)C(=O)c1ccc2c(c1)nc(Cc1ccc(C(=N)N)cc1)n2C.Cl. The molecule has 0 atom stereocenters. The van der Waals surface area contributed by atoms with Crippen LogP contribution in [0.3, 0.4) is 0 Å². The molecule has 0 aliphatic heterocycles. The van der Waals surface area contributed by atoms with Crippen LogP contribution in [0.1, 0.15) is 44.6 Å². The zero-order valence-electron chi connectivity index (χ0n) is 22.4. The minimum absolute atomic E-state index is 0. The Morgan fingerprint density at radius 2 is 1.73 bits per heavy atom. The molecule has 11 heteroatoms. The summed E-state index contributed by atoms with van der Waals surface area (Å²) in [5.41, 5.74) is 9.86. The first-order chi connectivity index (χ1) is 18.7. The Balaban J connectivity index is 0.00000441. The van der Waals surface area contributed by atoms with Gasteiger partial charge in [-0.3, -0.25) is 19.8 Å². The highest BCUT2D eigenvalue weighted by atomic mass is 35.5. The molecular weight excluding hydrogens is 532 g/mol. The van der Waals surface area contributed by atoms with Crippen molar-refractivity contribution in [3.8, 4) is 0 Å². The summed E-state index contributed by atoms with van der Waals surface area (Å²) >= 11 is 0. The number of carbonyl (C=O) groups excluding carboxylic acids is 3. The number of fused-ring (bicyclic) bond motifs is 1. The van der Waals surface area contributed by atoms with Crippen molar-refractivity contribution in [2.75, 3.05) is 25.1 Å². The average molecular weight is 563 g/mol. The molecule has 1 heterocycles. The molecule has 3 aromatic carbocycles. The Morgan fingerprint density at radius 1 is 1.05 bits per heavy atom. The smallest absolute Gasteiger partial charge is 0.325 e. The van der Waals surface area contributed by atoms with Gasteiger partial charge >= 0.3 is 5.97 Å². The van der Waals surface area contributed by atoms with Crippen LogP contribution in [0.4, 0.5) is 5.69 Å². The Bertz CT molecular complexity index is 1560. The van der Waals surface area contributed by atoms with Crippen molar-refractivity contribution in [3.05, 3.63) is 94.8 Å². The number of rotatable bonds is 9. The van der Waals surface area contributed by atoms with Crippen LogP contribution in [0, 0.1) is 5.41 Å². The van der Waals surface area contributed by atoms with Gasteiger partial charge in [-0.2, -0.15) is 0 Å². The lowest BCUT2D eigenvalue weighted by Crippen LogP contribution is -2.33. The number of amidine groups is 1. The molecule has 0 radical (unpaired) electrons. The minimum atomic E-state index is -0.538. The molecule has 0 saturated carbocycles. The summed E-state index contributed by atoms with van der Waals surface area (Å²) in [6.07, 6.45) is 0.570. The van der Waals surface area contributed by atoms with Crippen LogP contribution in [0.5, 0.6) is 0 Å². The lowest BCUT2D eigenvalue weighted by molar-refractivity contribution is -0.141. The molecule has 0 aliphatic rings. The highest BCUT2D eigenvalue weighted by molar-refractivity contribution is 6.11. The van der Waals surface area contributed by atoms with Crippen molar-refractivity contribution in [2.24, 2.45) is 12.8 Å². The number of anilines is 1. The third-order valence-corrected chi connectivity index (χ3v) is 6.36. The largest absolute Gasteiger partial charge is 0.465 e. The molecular formula is C29H31ClN6O4. The van der Waals surface area contributed by atoms with E-state index in [1.807, 2.05) is 41.9 Å². The molecule has 0 fully saturated rings. The van der Waals surface area contributed by atoms with E-state index in [9.17, 15) is 14.4 Å². The molecule has 0 spiro atoms. The predicted octanol–water partition coefficient (Wildman–Crippen LogP) is 3.44. The number of para-hydroxylation sites is 1. The van der Waals surface area contributed by atoms with Crippen LogP contribution in [-0.2, 0) is 23.0 Å². The zero-order valence-corrected chi connectivity index (χ0v) is 23.2. The molecule has 0 bridgehead atoms. The van der Waals surface area contributed by atoms with Gasteiger partial charge in [0.2, 0.25) is 0 Å². The number of amides is 2. The summed E-state index contributed by atoms with van der Waals surface area (Å²) in [4.78, 5) is 44.0. The summed E-state index contributed by atoms with van der Waals surface area (Å²) in [5, 5.41) is 10.1. The van der Waals surface area contributed by atoms with Crippen LogP contribution in [0.2, 0.25) is 0 Å². The fourth-order valence-corrected chi connectivity index (χ4v) is 4.25. The number of halogens is 1. The number of ether oxygens (including phenoxy) is 1. The van der Waals surface area contributed by atoms with Crippen LogP contribution >= 0.6 is 12.4 Å². The molecule has 1 aromatic heterocycles. The second-order valence-corrected chi connectivity index (χ2v) is 8.95. The number of carbonyl (C=O) groups is 3. The van der Waals surface area contributed by atoms with Crippen LogP contribution in [0.25, 0.3) is 11.0 Å². The fourth-order valence-electron chi connectivity index (χ4n) is 4.25. The molecule has 4 rings (SSSR count). The molecule has 4 aromatic rings. The fraction of sp³-hybridized carbons (Fsp3) is 0.207. The van der Waals surface area contributed by atoms with E-state index in [-0.39, 0.29) is 42.9 Å². The lowest BCUT2D eigenvalue weighted by atomic mass is 10.1. The number of nitrogens with two attached hydrogens (primary N) is 1. The van der Waals surface area contributed by atoms with Gasteiger partial charge in [0.25, 0.3) is 11.8 Å². The first-order valence-electron chi connectivity index (χ1n) is 12.4. The second kappa shape index (κ2) is 12.9. The summed E-state index contributed by atoms with van der Waals surface area (Å²) < 4.78 is 6.84. The van der Waals surface area contributed by atoms with E-state index < -0.39 is 11.9 Å². The maximum absolute atomic E-state index is 13.4. The number of nitrogens with one attached hydrogen (secondary N) is 2. The minimum Gasteiger partial charge on any atom is -0.465 e. The van der Waals surface area contributed by atoms with Crippen molar-refractivity contribution in [3.63, 3.8) is 0 Å². The lowest BCUT2D eigenvalue weighted by Gasteiger charge is -2.20. The molecule has 0 aliphatic carbocycles. The Kier molecular flexibility index (Phi) is 9.63. The molecule has 208 valence electrons. The van der Waals surface area contributed by atoms with E-state index in [0.29, 0.717) is 28.8 Å². The number of benzene rings is 3. The van der Waals surface area contributed by atoms with E-state index in [2.05, 4.69) is 5.32 Å². The van der Waals surface area contributed by atoms with Gasteiger partial charge in [-0.05, 0) is 42.8 Å². The number of aromatic nitrogens is 2. The first-order valence-corrected chi connectivity index (χ1v) is 12.4. The number of hydrogen-bond acceptors (Lipinski definition) is 6. The molecule has 10 nitrogen and oxygen atoms in total. The summed E-state index contributed by atoms with van der Waals surface area (Å²) in [5.74, 6) is -0.494. The summed E-state index contributed by atoms with van der Waals surface area (Å²) in [6.45, 7) is 1.64. The number of imidazole rings is 1. The van der Waals surface area contributed by atoms with Crippen molar-refractivity contribution in [1.82, 2.24) is 14.9 Å². The van der Waals surface area contributed by atoms with Crippen LogP contribution in [0.15, 0.2) is 66.7 Å². The van der Waals surface area contributed by atoms with Crippen molar-refractivity contribution in [2.45, 2.75) is 13.3 Å². The van der Waals surface area contributed by atoms with E-state index in [0.717, 1.165) is 16.9 Å². The quantitative estimate of drug-likeness (QED) is 0.162. The van der Waals surface area contributed by atoms with Crippen LogP contribution < -0.4 is 16.0 Å². The van der Waals surface area contributed by atoms with Crippen molar-refractivity contribution in [1.29, 1.82) is 5.41 Å². The van der Waals surface area contributed by atoms with Crippen LogP contribution in [-0.4, -0.2) is 53.4 Å². The normalized spacial score (nSPS) is 10.5. The molecule has 0 saturated heterocycles. The van der Waals surface area contributed by atoms with E-state index in [1.54, 1.807) is 50.4 Å². The highest BCUT2D eigenvalue weighted by Gasteiger charge is 2.21. The first kappa shape index (κ1) is 29.9. The van der Waals surface area contributed by atoms with Gasteiger partial charge in [-0.1, -0.05) is 36.4 Å². The standard InChI is InChI=1S/C29H30N6O4.ClH/c1-4-39-26(36)17-32-28(37)21-7-5-6-8-23(21)35(3)29(38)20-13-14-24-22(16-20)33-25(34(24)2)15-18-9-11-19(12-10-18)27(30)31;/h5-14,16H,4,15,17H2,1-3H3,(H3,30,31)(H,32,37);1H. The third kappa shape index (κ3) is 6.47. The number of hydrogen-bond donors (Lipinski definition) is 3. The topological polar surface area (TPSA) is 143 Å². The van der Waals surface area contributed by atoms with Gasteiger partial charge in [0.15, 0.2) is 0 Å². The molecule has 40 heavy (non-hydrogen) atoms. The van der Waals surface area contributed by atoms with Gasteiger partial charge in [0.05, 0.1) is 28.9 Å². The van der Waals surface area contributed by atoms with Crippen molar-refractivity contribution >= 4 is 52.7 Å². The van der Waals surface area contributed by atoms with E-state index in [1.165, 1.54) is 4.90 Å². The Labute approximate surface area is 238 Å². The van der Waals surface area contributed by atoms with Gasteiger partial charge in [0, 0.05) is 31.6 Å². The maximum Gasteiger partial charge on any atom is 0.325 e. The van der Waals surface area contributed by atoms with Gasteiger partial charge < -0.3 is 25.3 Å². The van der Waals surface area contributed by atoms with E-state index in [4.69, 9.17) is 20.9 Å². The number of aryl methyl sites for hydroxylation is 1. The predicted molar refractivity (Wildman–Crippen MR) is 156 cm³/mol. The number of nitrogen functional groups attached to an aromatic ring is 1. The molecule has 4 N–H and O–H groups in total. The summed E-state index contributed by atoms with van der Waals surface area (Å²) in [7, 11) is 3.52. The highest BCUT2D eigenvalue weighted by Crippen LogP contribution is 2.24. The monoisotopic (exact) mass is 562 g/mol. The van der Waals surface area contributed by atoms with Gasteiger partial charge in [-0.25, -0.2) is 4.98 Å². The average Bonchev–Trinajstić information content (AvgIpc) is 3.25. The second-order valence-electron chi connectivity index (χ2n) is 8.95. The molecule has 2 amide bonds. The number of esters is 1. The summed E-state index contributed by atoms with van der Waals surface area (Å²) in [6, 6.07) is 19.5. The Hall–Kier alpha value is -4.70. The Morgan fingerprint density at radius 3 is 2.40 bits per heavy atom. The van der Waals surface area contributed by atoms with E-state index >= 15 is 0 Å². The maximum atomic E-state index is 13.4. The van der Waals surface area contributed by atoms with Gasteiger partial charge in [0.1, 0.15) is 18.2 Å².